The van der Waals surface area contributed by atoms with Crippen molar-refractivity contribution in [1.29, 1.82) is 0 Å². The molecule has 8 heteroatoms. The third-order valence-electron chi connectivity index (χ3n) is 5.62. The molecule has 0 radical (unpaired) electrons. The van der Waals surface area contributed by atoms with E-state index in [0.717, 1.165) is 61.3 Å². The standard InChI is InChI=1S/C23H36N6O.HI/c1-5-18(3)30-20-15-17(2)10-11-19(20)16-26-23(24-4)25-13-12-22-28-27-21-9-7-6-8-14-29(21)22;/h10-11,15,18H,5-9,12-14,16H2,1-4H3,(H2,24,25,26);1H. The number of rotatable bonds is 8. The van der Waals surface area contributed by atoms with Gasteiger partial charge in [-0.05, 0) is 44.7 Å². The van der Waals surface area contributed by atoms with E-state index < -0.39 is 0 Å². The van der Waals surface area contributed by atoms with Crippen LogP contribution in [0.2, 0.25) is 0 Å². The van der Waals surface area contributed by atoms with Crippen LogP contribution < -0.4 is 15.4 Å². The zero-order valence-corrected chi connectivity index (χ0v) is 21.6. The lowest BCUT2D eigenvalue weighted by molar-refractivity contribution is 0.215. The van der Waals surface area contributed by atoms with Gasteiger partial charge in [0.2, 0.25) is 0 Å². The first-order chi connectivity index (χ1) is 14.6. The summed E-state index contributed by atoms with van der Waals surface area (Å²) in [7, 11) is 1.80. The number of halogens is 1. The van der Waals surface area contributed by atoms with Gasteiger partial charge in [0.15, 0.2) is 5.96 Å². The van der Waals surface area contributed by atoms with E-state index in [2.05, 4.69) is 69.4 Å². The van der Waals surface area contributed by atoms with Crippen molar-refractivity contribution < 1.29 is 4.74 Å². The van der Waals surface area contributed by atoms with Gasteiger partial charge in [-0.2, -0.15) is 0 Å². The average Bonchev–Trinajstić information content (AvgIpc) is 2.97. The van der Waals surface area contributed by atoms with Gasteiger partial charge < -0.3 is 19.9 Å². The maximum atomic E-state index is 6.12. The largest absolute Gasteiger partial charge is 0.490 e. The van der Waals surface area contributed by atoms with Crippen LogP contribution in [0.1, 0.15) is 62.3 Å². The molecule has 3 rings (SSSR count). The number of nitrogens with zero attached hydrogens (tertiary/aromatic N) is 4. The summed E-state index contributed by atoms with van der Waals surface area (Å²) in [4.78, 5) is 4.36. The second kappa shape index (κ2) is 12.9. The fraction of sp³-hybridized carbons (Fsp3) is 0.609. The molecule has 1 aliphatic rings. The Kier molecular flexibility index (Phi) is 10.6. The van der Waals surface area contributed by atoms with Crippen molar-refractivity contribution in [3.63, 3.8) is 0 Å². The van der Waals surface area contributed by atoms with Crippen LogP contribution in [-0.2, 0) is 25.9 Å². The van der Waals surface area contributed by atoms with Gasteiger partial charge in [0.25, 0.3) is 0 Å². The van der Waals surface area contributed by atoms with E-state index in [1.54, 1.807) is 7.05 Å². The van der Waals surface area contributed by atoms with Gasteiger partial charge in [-0.1, -0.05) is 25.5 Å². The molecule has 0 amide bonds. The van der Waals surface area contributed by atoms with E-state index in [1.807, 2.05) is 0 Å². The van der Waals surface area contributed by atoms with Crippen LogP contribution >= 0.6 is 24.0 Å². The van der Waals surface area contributed by atoms with Crippen molar-refractivity contribution in [1.82, 2.24) is 25.4 Å². The highest BCUT2D eigenvalue weighted by atomic mass is 127. The van der Waals surface area contributed by atoms with Crippen molar-refractivity contribution >= 4 is 29.9 Å². The Morgan fingerprint density at radius 3 is 2.84 bits per heavy atom. The number of ether oxygens (including phenoxy) is 1. The number of aryl methyl sites for hydroxylation is 2. The number of hydrogen-bond donors (Lipinski definition) is 2. The van der Waals surface area contributed by atoms with Gasteiger partial charge in [-0.3, -0.25) is 4.99 Å². The molecule has 1 aromatic heterocycles. The number of guanidine groups is 1. The summed E-state index contributed by atoms with van der Waals surface area (Å²) in [6.07, 6.45) is 6.76. The van der Waals surface area contributed by atoms with Gasteiger partial charge in [0, 0.05) is 45.1 Å². The second-order valence-electron chi connectivity index (χ2n) is 8.05. The molecule has 172 valence electrons. The molecule has 0 saturated carbocycles. The Balaban J connectivity index is 0.00000341. The minimum Gasteiger partial charge on any atom is -0.490 e. The first-order valence-corrected chi connectivity index (χ1v) is 11.2. The molecular formula is C23H37IN6O. The van der Waals surface area contributed by atoms with Crippen molar-refractivity contribution in [2.24, 2.45) is 4.99 Å². The predicted octanol–water partition coefficient (Wildman–Crippen LogP) is 4.02. The molecule has 2 heterocycles. The highest BCUT2D eigenvalue weighted by Gasteiger charge is 2.14. The fourth-order valence-electron chi connectivity index (χ4n) is 3.64. The Morgan fingerprint density at radius 2 is 2.06 bits per heavy atom. The molecule has 0 fully saturated rings. The van der Waals surface area contributed by atoms with Gasteiger partial charge in [0.1, 0.15) is 17.4 Å². The molecule has 1 atom stereocenters. The molecule has 0 saturated heterocycles. The zero-order valence-electron chi connectivity index (χ0n) is 19.3. The lowest BCUT2D eigenvalue weighted by Crippen LogP contribution is -2.38. The molecule has 0 aliphatic carbocycles. The van der Waals surface area contributed by atoms with E-state index in [-0.39, 0.29) is 30.1 Å². The van der Waals surface area contributed by atoms with Crippen molar-refractivity contribution in [3.05, 3.63) is 41.0 Å². The van der Waals surface area contributed by atoms with Crippen molar-refractivity contribution in [2.45, 2.75) is 78.5 Å². The second-order valence-corrected chi connectivity index (χ2v) is 8.05. The highest BCUT2D eigenvalue weighted by molar-refractivity contribution is 14.0. The Morgan fingerprint density at radius 1 is 1.23 bits per heavy atom. The number of fused-ring (bicyclic) bond motifs is 1. The van der Waals surface area contributed by atoms with Crippen LogP contribution in [0.3, 0.4) is 0 Å². The predicted molar refractivity (Wildman–Crippen MR) is 136 cm³/mol. The maximum absolute atomic E-state index is 6.12. The summed E-state index contributed by atoms with van der Waals surface area (Å²) >= 11 is 0. The van der Waals surface area contributed by atoms with E-state index in [1.165, 1.54) is 24.8 Å². The lowest BCUT2D eigenvalue weighted by Gasteiger charge is -2.18. The third kappa shape index (κ3) is 7.36. The number of nitrogens with one attached hydrogen (secondary N) is 2. The van der Waals surface area contributed by atoms with E-state index in [4.69, 9.17) is 4.74 Å². The molecule has 2 N–H and O–H groups in total. The lowest BCUT2D eigenvalue weighted by atomic mass is 10.1. The monoisotopic (exact) mass is 540 g/mol. The van der Waals surface area contributed by atoms with Crippen LogP contribution in [0.5, 0.6) is 5.75 Å². The maximum Gasteiger partial charge on any atom is 0.191 e. The Hall–Kier alpha value is -1.84. The zero-order chi connectivity index (χ0) is 21.3. The number of benzene rings is 1. The van der Waals surface area contributed by atoms with Gasteiger partial charge in [0.05, 0.1) is 6.10 Å². The summed E-state index contributed by atoms with van der Waals surface area (Å²) < 4.78 is 8.42. The summed E-state index contributed by atoms with van der Waals surface area (Å²) in [6.45, 7) is 8.79. The molecule has 1 unspecified atom stereocenters. The van der Waals surface area contributed by atoms with E-state index in [9.17, 15) is 0 Å². The van der Waals surface area contributed by atoms with Gasteiger partial charge in [-0.25, -0.2) is 0 Å². The number of hydrogen-bond acceptors (Lipinski definition) is 4. The molecule has 1 aromatic carbocycles. The minimum absolute atomic E-state index is 0. The molecule has 1 aliphatic heterocycles. The van der Waals surface area contributed by atoms with Crippen molar-refractivity contribution in [3.8, 4) is 5.75 Å². The Bertz CT molecular complexity index is 851. The van der Waals surface area contributed by atoms with Crippen LogP contribution in [0.25, 0.3) is 0 Å². The van der Waals surface area contributed by atoms with Crippen molar-refractivity contribution in [2.75, 3.05) is 13.6 Å². The summed E-state index contributed by atoms with van der Waals surface area (Å²) in [6, 6.07) is 6.35. The fourth-order valence-corrected chi connectivity index (χ4v) is 3.64. The first-order valence-electron chi connectivity index (χ1n) is 11.2. The molecule has 0 bridgehead atoms. The minimum atomic E-state index is 0. The first kappa shape index (κ1) is 25.4. The molecule has 2 aromatic rings. The van der Waals surface area contributed by atoms with Gasteiger partial charge >= 0.3 is 0 Å². The average molecular weight is 540 g/mol. The molecule has 31 heavy (non-hydrogen) atoms. The van der Waals surface area contributed by atoms with Gasteiger partial charge in [-0.15, -0.1) is 34.2 Å². The summed E-state index contributed by atoms with van der Waals surface area (Å²) in [5.74, 6) is 3.93. The molecule has 0 spiro atoms. The topological polar surface area (TPSA) is 76.4 Å². The highest BCUT2D eigenvalue weighted by Crippen LogP contribution is 2.22. The van der Waals surface area contributed by atoms with E-state index >= 15 is 0 Å². The number of aliphatic imine (C=N–C) groups is 1. The molecular weight excluding hydrogens is 503 g/mol. The van der Waals surface area contributed by atoms with Crippen LogP contribution in [0.15, 0.2) is 23.2 Å². The van der Waals surface area contributed by atoms with Crippen LogP contribution in [0, 0.1) is 6.92 Å². The summed E-state index contributed by atoms with van der Waals surface area (Å²) in [5.41, 5.74) is 2.33. The normalized spacial score (nSPS) is 14.8. The Labute approximate surface area is 203 Å². The summed E-state index contributed by atoms with van der Waals surface area (Å²) in [5, 5.41) is 15.6. The van der Waals surface area contributed by atoms with Crippen LogP contribution in [0.4, 0.5) is 0 Å². The smallest absolute Gasteiger partial charge is 0.191 e. The third-order valence-corrected chi connectivity index (χ3v) is 5.62. The van der Waals surface area contributed by atoms with Crippen LogP contribution in [-0.4, -0.2) is 40.4 Å². The van der Waals surface area contributed by atoms with E-state index in [0.29, 0.717) is 6.54 Å². The number of aromatic nitrogens is 3. The quantitative estimate of drug-likeness (QED) is 0.301. The SMILES string of the molecule is CCC(C)Oc1cc(C)ccc1CNC(=NC)NCCc1nnc2n1CCCCC2.I. The molecule has 7 nitrogen and oxygen atoms in total.